The number of rotatable bonds is 6. The summed E-state index contributed by atoms with van der Waals surface area (Å²) in [7, 11) is 0. The number of halogens is 1. The van der Waals surface area contributed by atoms with E-state index in [-0.39, 0.29) is 32.0 Å². The van der Waals surface area contributed by atoms with E-state index in [1.54, 1.807) is 4.90 Å². The number of amides is 3. The molecule has 2 aromatic carbocycles. The lowest BCUT2D eigenvalue weighted by Crippen LogP contribution is -2.53. The third kappa shape index (κ3) is 5.31. The molecule has 0 aromatic heterocycles. The standard InChI is InChI=1S/C22H26FN3O2/c23-22(20(27)25-17-19-9-5-2-6-10-19)12-15-26(16-13-22)21(28)24-14-11-18-7-3-1-4-8-18/h1-10H,11-17H2,(H,24,28)(H,25,27). The molecule has 1 aliphatic rings. The van der Waals surface area contributed by atoms with E-state index in [0.29, 0.717) is 13.1 Å². The first-order valence-electron chi connectivity index (χ1n) is 9.65. The normalized spacial score (nSPS) is 15.7. The Balaban J connectivity index is 1.41. The van der Waals surface area contributed by atoms with E-state index in [2.05, 4.69) is 10.6 Å². The van der Waals surface area contributed by atoms with Crippen molar-refractivity contribution < 1.29 is 14.0 Å². The van der Waals surface area contributed by atoms with Crippen LogP contribution in [0.25, 0.3) is 0 Å². The maximum absolute atomic E-state index is 15.0. The summed E-state index contributed by atoms with van der Waals surface area (Å²) in [5.74, 6) is -0.597. The molecule has 148 valence electrons. The van der Waals surface area contributed by atoms with Gasteiger partial charge in [0.2, 0.25) is 0 Å². The fraction of sp³-hybridized carbons (Fsp3) is 0.364. The quantitative estimate of drug-likeness (QED) is 0.805. The fourth-order valence-corrected chi connectivity index (χ4v) is 3.30. The minimum atomic E-state index is -1.92. The number of piperidine rings is 1. The molecular formula is C22H26FN3O2. The van der Waals surface area contributed by atoms with E-state index in [0.717, 1.165) is 17.5 Å². The molecule has 5 nitrogen and oxygen atoms in total. The largest absolute Gasteiger partial charge is 0.349 e. The van der Waals surface area contributed by atoms with Gasteiger partial charge in [-0.1, -0.05) is 60.7 Å². The van der Waals surface area contributed by atoms with E-state index in [4.69, 9.17) is 0 Å². The molecule has 28 heavy (non-hydrogen) atoms. The predicted octanol–water partition coefficient (Wildman–Crippen LogP) is 3.06. The fourth-order valence-electron chi connectivity index (χ4n) is 3.30. The number of urea groups is 1. The van der Waals surface area contributed by atoms with Crippen molar-refractivity contribution in [3.63, 3.8) is 0 Å². The third-order valence-corrected chi connectivity index (χ3v) is 5.08. The van der Waals surface area contributed by atoms with Gasteiger partial charge in [0.05, 0.1) is 0 Å². The molecule has 0 unspecified atom stereocenters. The first kappa shape index (κ1) is 19.9. The zero-order valence-corrected chi connectivity index (χ0v) is 15.9. The number of likely N-dealkylation sites (tertiary alicyclic amines) is 1. The van der Waals surface area contributed by atoms with Crippen LogP contribution in [0.4, 0.5) is 9.18 Å². The van der Waals surface area contributed by atoms with E-state index in [1.807, 2.05) is 60.7 Å². The Morgan fingerprint density at radius 1 is 0.893 bits per heavy atom. The molecule has 1 aliphatic heterocycles. The van der Waals surface area contributed by atoms with Crippen molar-refractivity contribution in [3.05, 3.63) is 71.8 Å². The van der Waals surface area contributed by atoms with Gasteiger partial charge in [-0.2, -0.15) is 0 Å². The maximum atomic E-state index is 15.0. The number of alkyl halides is 1. The summed E-state index contributed by atoms with van der Waals surface area (Å²) < 4.78 is 15.0. The van der Waals surface area contributed by atoms with Crippen LogP contribution in [0.1, 0.15) is 24.0 Å². The summed E-state index contributed by atoms with van der Waals surface area (Å²) in [4.78, 5) is 26.1. The highest BCUT2D eigenvalue weighted by Gasteiger charge is 2.42. The van der Waals surface area contributed by atoms with E-state index < -0.39 is 11.6 Å². The number of hydrogen-bond acceptors (Lipinski definition) is 2. The first-order valence-corrected chi connectivity index (χ1v) is 9.65. The Kier molecular flexibility index (Phi) is 6.63. The molecule has 0 bridgehead atoms. The minimum Gasteiger partial charge on any atom is -0.349 e. The van der Waals surface area contributed by atoms with Crippen molar-refractivity contribution >= 4 is 11.9 Å². The molecule has 6 heteroatoms. The van der Waals surface area contributed by atoms with Gasteiger partial charge in [-0.25, -0.2) is 9.18 Å². The van der Waals surface area contributed by atoms with Crippen molar-refractivity contribution in [3.8, 4) is 0 Å². The zero-order valence-electron chi connectivity index (χ0n) is 15.9. The maximum Gasteiger partial charge on any atom is 0.317 e. The molecule has 2 N–H and O–H groups in total. The van der Waals surface area contributed by atoms with Gasteiger partial charge in [0.1, 0.15) is 0 Å². The summed E-state index contributed by atoms with van der Waals surface area (Å²) in [5, 5.41) is 5.54. The number of nitrogens with one attached hydrogen (secondary N) is 2. The van der Waals surface area contributed by atoms with Crippen LogP contribution in [0.2, 0.25) is 0 Å². The van der Waals surface area contributed by atoms with Crippen LogP contribution in [-0.2, 0) is 17.8 Å². The Hall–Kier alpha value is -2.89. The first-order chi connectivity index (χ1) is 13.6. The minimum absolute atomic E-state index is 0.0136. The molecular weight excluding hydrogens is 357 g/mol. The molecule has 1 fully saturated rings. The molecule has 0 aliphatic carbocycles. The van der Waals surface area contributed by atoms with Gasteiger partial charge in [0, 0.05) is 39.0 Å². The number of carbonyl (C=O) groups is 2. The molecule has 1 saturated heterocycles. The van der Waals surface area contributed by atoms with Gasteiger partial charge in [-0.3, -0.25) is 4.79 Å². The third-order valence-electron chi connectivity index (χ3n) is 5.08. The highest BCUT2D eigenvalue weighted by Crippen LogP contribution is 2.27. The summed E-state index contributed by atoms with van der Waals surface area (Å²) in [5.41, 5.74) is 0.157. The highest BCUT2D eigenvalue weighted by molar-refractivity contribution is 5.85. The summed E-state index contributed by atoms with van der Waals surface area (Å²) in [6.45, 7) is 1.28. The topological polar surface area (TPSA) is 61.4 Å². The van der Waals surface area contributed by atoms with Gasteiger partial charge in [-0.15, -0.1) is 0 Å². The summed E-state index contributed by atoms with van der Waals surface area (Å²) >= 11 is 0. The second-order valence-electron chi connectivity index (χ2n) is 7.09. The molecule has 3 rings (SSSR count). The second-order valence-corrected chi connectivity index (χ2v) is 7.09. The Morgan fingerprint density at radius 3 is 2.07 bits per heavy atom. The van der Waals surface area contributed by atoms with Crippen LogP contribution < -0.4 is 10.6 Å². The predicted molar refractivity (Wildman–Crippen MR) is 106 cm³/mol. The number of nitrogens with zero attached hydrogens (tertiary/aromatic N) is 1. The van der Waals surface area contributed by atoms with Crippen molar-refractivity contribution in [1.29, 1.82) is 0 Å². The van der Waals surface area contributed by atoms with Gasteiger partial charge in [0.25, 0.3) is 5.91 Å². The van der Waals surface area contributed by atoms with Crippen LogP contribution >= 0.6 is 0 Å². The van der Waals surface area contributed by atoms with E-state index >= 15 is 4.39 Å². The average Bonchev–Trinajstić information content (AvgIpc) is 2.74. The van der Waals surface area contributed by atoms with Gasteiger partial charge < -0.3 is 15.5 Å². The van der Waals surface area contributed by atoms with E-state index in [9.17, 15) is 9.59 Å². The lowest BCUT2D eigenvalue weighted by molar-refractivity contribution is -0.135. The molecule has 0 atom stereocenters. The lowest BCUT2D eigenvalue weighted by Gasteiger charge is -2.35. The molecule has 0 saturated carbocycles. The Morgan fingerprint density at radius 2 is 1.46 bits per heavy atom. The van der Waals surface area contributed by atoms with Crippen LogP contribution in [-0.4, -0.2) is 42.1 Å². The molecule has 1 heterocycles. The van der Waals surface area contributed by atoms with Crippen LogP contribution in [0.15, 0.2) is 60.7 Å². The van der Waals surface area contributed by atoms with E-state index in [1.165, 1.54) is 0 Å². The second kappa shape index (κ2) is 9.35. The molecule has 0 radical (unpaired) electrons. The van der Waals surface area contributed by atoms with Crippen LogP contribution in [0.5, 0.6) is 0 Å². The number of hydrogen-bond donors (Lipinski definition) is 2. The molecule has 2 aromatic rings. The van der Waals surface area contributed by atoms with Gasteiger partial charge in [0.15, 0.2) is 5.67 Å². The molecule has 0 spiro atoms. The van der Waals surface area contributed by atoms with Crippen molar-refractivity contribution in [2.45, 2.75) is 31.5 Å². The highest BCUT2D eigenvalue weighted by atomic mass is 19.1. The van der Waals surface area contributed by atoms with Gasteiger partial charge >= 0.3 is 6.03 Å². The Bertz CT molecular complexity index is 775. The van der Waals surface area contributed by atoms with Crippen molar-refractivity contribution in [1.82, 2.24) is 15.5 Å². The Labute approximate surface area is 164 Å². The summed E-state index contributed by atoms with van der Waals surface area (Å²) in [6, 6.07) is 19.1. The van der Waals surface area contributed by atoms with Crippen LogP contribution in [0, 0.1) is 0 Å². The average molecular weight is 383 g/mol. The number of carbonyl (C=O) groups excluding carboxylic acids is 2. The lowest BCUT2D eigenvalue weighted by atomic mass is 9.92. The zero-order chi connectivity index (χ0) is 19.8. The van der Waals surface area contributed by atoms with Gasteiger partial charge in [-0.05, 0) is 17.5 Å². The monoisotopic (exact) mass is 383 g/mol. The SMILES string of the molecule is O=C(NCCc1ccccc1)N1CCC(F)(C(=O)NCc2ccccc2)CC1. The number of benzene rings is 2. The van der Waals surface area contributed by atoms with Crippen molar-refractivity contribution in [2.24, 2.45) is 0 Å². The van der Waals surface area contributed by atoms with Crippen LogP contribution in [0.3, 0.4) is 0 Å². The molecule has 3 amide bonds. The van der Waals surface area contributed by atoms with Crippen molar-refractivity contribution in [2.75, 3.05) is 19.6 Å². The summed E-state index contributed by atoms with van der Waals surface area (Å²) in [6.07, 6.45) is 0.773. The smallest absolute Gasteiger partial charge is 0.317 e.